The minimum atomic E-state index is -6.92. The van der Waals surface area contributed by atoms with Gasteiger partial charge in [-0.15, -0.1) is 0 Å². The molecule has 0 heterocycles. The van der Waals surface area contributed by atoms with E-state index < -0.39 is 55.4 Å². The van der Waals surface area contributed by atoms with Gasteiger partial charge in [-0.05, 0) is 12.8 Å². The van der Waals surface area contributed by atoms with Gasteiger partial charge in [0, 0.05) is 11.8 Å². The van der Waals surface area contributed by atoms with Gasteiger partial charge in [0.1, 0.15) is 0 Å². The SMILES string of the molecule is CCCCCCC(CO)(CO)CCC(F)(F)C(F)(F)C(F)(F)C(F)(F)F. The van der Waals surface area contributed by atoms with Crippen LogP contribution in [0.5, 0.6) is 0 Å². The van der Waals surface area contributed by atoms with Crippen molar-refractivity contribution in [1.82, 2.24) is 0 Å². The molecule has 0 spiro atoms. The van der Waals surface area contributed by atoms with Gasteiger partial charge in [0.15, 0.2) is 0 Å². The third-order valence-electron chi connectivity index (χ3n) is 4.41. The Morgan fingerprint density at radius 1 is 0.615 bits per heavy atom. The normalized spacial score (nSPS) is 14.8. The summed E-state index contributed by atoms with van der Waals surface area (Å²) in [6, 6.07) is 0. The maximum atomic E-state index is 13.6. The summed E-state index contributed by atoms with van der Waals surface area (Å²) < 4.78 is 116. The lowest BCUT2D eigenvalue weighted by molar-refractivity contribution is -0.397. The molecule has 0 radical (unpaired) electrons. The third kappa shape index (κ3) is 5.40. The monoisotopic (exact) mass is 406 g/mol. The molecule has 0 fully saturated rings. The van der Waals surface area contributed by atoms with Gasteiger partial charge in [0.05, 0.1) is 13.2 Å². The van der Waals surface area contributed by atoms with Crippen LogP contribution in [0.25, 0.3) is 0 Å². The number of alkyl halides is 9. The fourth-order valence-corrected chi connectivity index (χ4v) is 2.40. The second-order valence-corrected chi connectivity index (χ2v) is 6.48. The Morgan fingerprint density at radius 2 is 1.12 bits per heavy atom. The fourth-order valence-electron chi connectivity index (χ4n) is 2.40. The van der Waals surface area contributed by atoms with E-state index in [1.165, 1.54) is 0 Å². The minimum Gasteiger partial charge on any atom is -0.396 e. The molecule has 0 aliphatic rings. The van der Waals surface area contributed by atoms with Crippen molar-refractivity contribution < 1.29 is 49.7 Å². The zero-order chi connectivity index (χ0) is 20.9. The number of unbranched alkanes of at least 4 members (excludes halogenated alkanes) is 3. The first-order valence-corrected chi connectivity index (χ1v) is 8.06. The molecule has 2 nitrogen and oxygen atoms in total. The molecule has 0 amide bonds. The molecule has 0 unspecified atom stereocenters. The first-order chi connectivity index (χ1) is 11.6. The molecule has 2 N–H and O–H groups in total. The van der Waals surface area contributed by atoms with E-state index in [0.717, 1.165) is 12.8 Å². The van der Waals surface area contributed by atoms with E-state index in [1.54, 1.807) is 0 Å². The summed E-state index contributed by atoms with van der Waals surface area (Å²) in [4.78, 5) is 0. The van der Waals surface area contributed by atoms with Gasteiger partial charge in [-0.3, -0.25) is 0 Å². The highest BCUT2D eigenvalue weighted by Gasteiger charge is 2.81. The molecular weight excluding hydrogens is 383 g/mol. The smallest absolute Gasteiger partial charge is 0.396 e. The predicted octanol–water partition coefficient (Wildman–Crippen LogP) is 5.18. The summed E-state index contributed by atoms with van der Waals surface area (Å²) in [5.74, 6) is -19.3. The molecule has 0 bridgehead atoms. The van der Waals surface area contributed by atoms with Gasteiger partial charge in [-0.2, -0.15) is 39.5 Å². The minimum absolute atomic E-state index is 0.0582. The zero-order valence-electron chi connectivity index (χ0n) is 14.2. The average Bonchev–Trinajstić information content (AvgIpc) is 2.53. The van der Waals surface area contributed by atoms with Crippen molar-refractivity contribution in [2.24, 2.45) is 5.41 Å². The Balaban J connectivity index is 5.26. The van der Waals surface area contributed by atoms with Crippen LogP contribution in [0.2, 0.25) is 0 Å². The van der Waals surface area contributed by atoms with E-state index >= 15 is 0 Å². The number of aliphatic hydroxyl groups is 2. The van der Waals surface area contributed by atoms with Gasteiger partial charge in [0.2, 0.25) is 0 Å². The van der Waals surface area contributed by atoms with Crippen LogP contribution in [0.1, 0.15) is 51.9 Å². The zero-order valence-corrected chi connectivity index (χ0v) is 14.2. The van der Waals surface area contributed by atoms with Crippen LogP contribution in [-0.4, -0.2) is 47.4 Å². The average molecular weight is 406 g/mol. The highest BCUT2D eigenvalue weighted by Crippen LogP contribution is 2.55. The van der Waals surface area contributed by atoms with Gasteiger partial charge in [-0.1, -0.05) is 32.6 Å². The number of hydrogen-bond donors (Lipinski definition) is 2. The molecule has 0 aliphatic heterocycles. The first kappa shape index (κ1) is 25.3. The first-order valence-electron chi connectivity index (χ1n) is 8.06. The second kappa shape index (κ2) is 8.99. The summed E-state index contributed by atoms with van der Waals surface area (Å²) in [6.07, 6.45) is -7.50. The van der Waals surface area contributed by atoms with Crippen LogP contribution in [0.3, 0.4) is 0 Å². The molecule has 26 heavy (non-hydrogen) atoms. The van der Waals surface area contributed by atoms with Gasteiger partial charge < -0.3 is 10.2 Å². The molecule has 0 saturated heterocycles. The maximum absolute atomic E-state index is 13.6. The summed E-state index contributed by atoms with van der Waals surface area (Å²) in [6.45, 7) is 0.0781. The van der Waals surface area contributed by atoms with E-state index in [0.29, 0.717) is 12.8 Å². The quantitative estimate of drug-likeness (QED) is 0.347. The Labute approximate surface area is 145 Å². The van der Waals surface area contributed by atoms with Crippen molar-refractivity contribution in [1.29, 1.82) is 0 Å². The van der Waals surface area contributed by atoms with E-state index in [-0.39, 0.29) is 6.42 Å². The van der Waals surface area contributed by atoms with Crippen LogP contribution in [0.4, 0.5) is 39.5 Å². The van der Waals surface area contributed by atoms with Crippen LogP contribution in [0.15, 0.2) is 0 Å². The Bertz CT molecular complexity index is 418. The molecule has 0 atom stereocenters. The van der Waals surface area contributed by atoms with Gasteiger partial charge in [0.25, 0.3) is 0 Å². The van der Waals surface area contributed by atoms with Crippen molar-refractivity contribution in [3.8, 4) is 0 Å². The summed E-state index contributed by atoms with van der Waals surface area (Å²) in [7, 11) is 0. The van der Waals surface area contributed by atoms with Crippen molar-refractivity contribution >= 4 is 0 Å². The number of halogens is 9. The van der Waals surface area contributed by atoms with Gasteiger partial charge >= 0.3 is 23.9 Å². The van der Waals surface area contributed by atoms with E-state index in [9.17, 15) is 49.7 Å². The molecule has 0 aliphatic carbocycles. The van der Waals surface area contributed by atoms with Crippen LogP contribution >= 0.6 is 0 Å². The highest BCUT2D eigenvalue weighted by atomic mass is 19.4. The molecule has 0 saturated carbocycles. The highest BCUT2D eigenvalue weighted by molar-refractivity contribution is 5.01. The predicted molar refractivity (Wildman–Crippen MR) is 75.5 cm³/mol. The lowest BCUT2D eigenvalue weighted by atomic mass is 9.78. The molecule has 0 aromatic heterocycles. The largest absolute Gasteiger partial charge is 0.460 e. The number of rotatable bonds is 12. The molecule has 0 rings (SSSR count). The van der Waals surface area contributed by atoms with E-state index in [4.69, 9.17) is 0 Å². The summed E-state index contributed by atoms with van der Waals surface area (Å²) >= 11 is 0. The third-order valence-corrected chi connectivity index (χ3v) is 4.41. The van der Waals surface area contributed by atoms with Crippen molar-refractivity contribution in [3.63, 3.8) is 0 Å². The summed E-state index contributed by atoms with van der Waals surface area (Å²) in [5.41, 5.74) is -1.67. The Morgan fingerprint density at radius 3 is 1.50 bits per heavy atom. The van der Waals surface area contributed by atoms with E-state index in [1.807, 2.05) is 6.92 Å². The molecule has 0 aromatic rings. The number of hydrogen-bond acceptors (Lipinski definition) is 2. The van der Waals surface area contributed by atoms with Crippen LogP contribution < -0.4 is 0 Å². The van der Waals surface area contributed by atoms with Crippen molar-refractivity contribution in [2.75, 3.05) is 13.2 Å². The van der Waals surface area contributed by atoms with Gasteiger partial charge in [-0.25, -0.2) is 0 Å². The lowest BCUT2D eigenvalue weighted by Crippen LogP contribution is -2.61. The van der Waals surface area contributed by atoms with Crippen LogP contribution in [-0.2, 0) is 0 Å². The Hall–Kier alpha value is -0.710. The van der Waals surface area contributed by atoms with E-state index in [2.05, 4.69) is 0 Å². The van der Waals surface area contributed by atoms with Crippen molar-refractivity contribution in [3.05, 3.63) is 0 Å². The Kier molecular flexibility index (Phi) is 8.74. The fraction of sp³-hybridized carbons (Fsp3) is 1.00. The standard InChI is InChI=1S/C15H23F9O2/c1-2-3-4-5-6-11(9-25,10-26)7-8-12(16,17)13(18,19)14(20,21)15(22,23)24/h25-26H,2-10H2,1H3. The second-order valence-electron chi connectivity index (χ2n) is 6.48. The molecular formula is C15H23F9O2. The topological polar surface area (TPSA) is 40.5 Å². The van der Waals surface area contributed by atoms with Crippen LogP contribution in [0, 0.1) is 5.41 Å². The lowest BCUT2D eigenvalue weighted by Gasteiger charge is -2.36. The maximum Gasteiger partial charge on any atom is 0.460 e. The number of aliphatic hydroxyl groups excluding tert-OH is 2. The molecule has 11 heteroatoms. The molecule has 158 valence electrons. The molecule has 0 aromatic carbocycles. The van der Waals surface area contributed by atoms with Crippen molar-refractivity contribution in [2.45, 2.75) is 75.8 Å². The summed E-state index contributed by atoms with van der Waals surface area (Å²) in [5, 5.41) is 18.6.